The van der Waals surface area contributed by atoms with E-state index in [1.165, 1.54) is 0 Å². The summed E-state index contributed by atoms with van der Waals surface area (Å²) in [6, 6.07) is 2.46. The number of fused-ring (bicyclic) bond motifs is 1. The summed E-state index contributed by atoms with van der Waals surface area (Å²) in [6.07, 6.45) is 3.90. The highest BCUT2D eigenvalue weighted by atomic mass is 32.1. The maximum Gasteiger partial charge on any atom is 0.147 e. The highest BCUT2D eigenvalue weighted by molar-refractivity contribution is 7.17. The molecule has 0 spiro atoms. The predicted octanol–water partition coefficient (Wildman–Crippen LogP) is 2.92. The molecule has 4 nitrogen and oxygen atoms in total. The summed E-state index contributed by atoms with van der Waals surface area (Å²) in [4.78, 5) is 8.63. The van der Waals surface area contributed by atoms with E-state index in [4.69, 9.17) is 4.74 Å². The van der Waals surface area contributed by atoms with Crippen molar-refractivity contribution in [2.24, 2.45) is 5.92 Å². The number of hydrogen-bond acceptors (Lipinski definition) is 5. The molecule has 0 aliphatic carbocycles. The van der Waals surface area contributed by atoms with E-state index in [1.807, 2.05) is 6.07 Å². The topological polar surface area (TPSA) is 47.0 Å². The maximum absolute atomic E-state index is 5.41. The van der Waals surface area contributed by atoms with Gasteiger partial charge in [0.15, 0.2) is 0 Å². The molecule has 1 fully saturated rings. The third-order valence-corrected chi connectivity index (χ3v) is 4.49. The fraction of sp³-hybridized carbons (Fsp3) is 0.538. The fourth-order valence-electron chi connectivity index (χ4n) is 2.44. The third-order valence-electron chi connectivity index (χ3n) is 3.58. The van der Waals surface area contributed by atoms with E-state index in [0.717, 1.165) is 42.1 Å². The Bertz CT molecular complexity index is 522. The number of aromatic nitrogens is 2. The molecule has 1 N–H and O–H groups in total. The van der Waals surface area contributed by atoms with Crippen LogP contribution in [-0.4, -0.2) is 29.2 Å². The van der Waals surface area contributed by atoms with Gasteiger partial charge in [-0.05, 0) is 37.1 Å². The Morgan fingerprint density at radius 1 is 1.39 bits per heavy atom. The van der Waals surface area contributed by atoms with E-state index in [0.29, 0.717) is 12.0 Å². The summed E-state index contributed by atoms with van der Waals surface area (Å²) in [7, 11) is 0. The van der Waals surface area contributed by atoms with Gasteiger partial charge in [0.25, 0.3) is 0 Å². The van der Waals surface area contributed by atoms with Crippen molar-refractivity contribution >= 4 is 27.4 Å². The summed E-state index contributed by atoms with van der Waals surface area (Å²) < 4.78 is 6.56. The molecule has 96 valence electrons. The molecule has 0 aromatic carbocycles. The molecule has 3 heterocycles. The van der Waals surface area contributed by atoms with E-state index < -0.39 is 0 Å². The standard InChI is InChI=1S/C13H17N3OS/c1-9(10-2-5-17-6-3-10)16-13-12-11(4-7-18-12)14-8-15-13/h4,7-10H,2-3,5-6H2,1H3,(H,14,15,16). The predicted molar refractivity (Wildman–Crippen MR) is 74.0 cm³/mol. The second-order valence-corrected chi connectivity index (χ2v) is 5.66. The van der Waals surface area contributed by atoms with Gasteiger partial charge in [0.2, 0.25) is 0 Å². The number of rotatable bonds is 3. The summed E-state index contributed by atoms with van der Waals surface area (Å²) in [5, 5.41) is 5.60. The van der Waals surface area contributed by atoms with Gasteiger partial charge in [0.1, 0.15) is 12.1 Å². The number of ether oxygens (including phenoxy) is 1. The second kappa shape index (κ2) is 5.20. The SMILES string of the molecule is CC(Nc1ncnc2ccsc12)C1CCOCC1. The molecule has 0 saturated carbocycles. The highest BCUT2D eigenvalue weighted by Crippen LogP contribution is 2.27. The minimum Gasteiger partial charge on any atom is -0.381 e. The van der Waals surface area contributed by atoms with Crippen molar-refractivity contribution in [3.8, 4) is 0 Å². The lowest BCUT2D eigenvalue weighted by atomic mass is 9.93. The van der Waals surface area contributed by atoms with Crippen LogP contribution in [0.25, 0.3) is 10.2 Å². The number of thiophene rings is 1. The minimum absolute atomic E-state index is 0.425. The van der Waals surface area contributed by atoms with Crippen LogP contribution in [-0.2, 0) is 4.74 Å². The van der Waals surface area contributed by atoms with Gasteiger partial charge < -0.3 is 10.1 Å². The Hall–Kier alpha value is -1.20. The number of anilines is 1. The minimum atomic E-state index is 0.425. The zero-order valence-electron chi connectivity index (χ0n) is 10.4. The molecular formula is C13H17N3OS. The Balaban J connectivity index is 1.77. The zero-order valence-corrected chi connectivity index (χ0v) is 11.2. The van der Waals surface area contributed by atoms with Crippen LogP contribution in [0.5, 0.6) is 0 Å². The van der Waals surface area contributed by atoms with Crippen LogP contribution in [0.4, 0.5) is 5.82 Å². The summed E-state index contributed by atoms with van der Waals surface area (Å²) in [6.45, 7) is 4.00. The van der Waals surface area contributed by atoms with Gasteiger partial charge in [-0.1, -0.05) is 0 Å². The molecule has 0 radical (unpaired) electrons. The van der Waals surface area contributed by atoms with Crippen molar-refractivity contribution in [3.05, 3.63) is 17.8 Å². The van der Waals surface area contributed by atoms with Crippen LogP contribution in [0.2, 0.25) is 0 Å². The molecule has 1 atom stereocenters. The molecule has 2 aromatic heterocycles. The first-order chi connectivity index (χ1) is 8.84. The zero-order chi connectivity index (χ0) is 12.4. The van der Waals surface area contributed by atoms with E-state index in [-0.39, 0.29) is 0 Å². The summed E-state index contributed by atoms with van der Waals surface area (Å²) in [5.41, 5.74) is 1.02. The van der Waals surface area contributed by atoms with Gasteiger partial charge in [-0.15, -0.1) is 11.3 Å². The van der Waals surface area contributed by atoms with E-state index >= 15 is 0 Å². The fourth-order valence-corrected chi connectivity index (χ4v) is 3.24. The van der Waals surface area contributed by atoms with Crippen LogP contribution in [0, 0.1) is 5.92 Å². The van der Waals surface area contributed by atoms with Crippen molar-refractivity contribution in [2.75, 3.05) is 18.5 Å². The van der Waals surface area contributed by atoms with Gasteiger partial charge in [-0.25, -0.2) is 9.97 Å². The molecule has 0 amide bonds. The van der Waals surface area contributed by atoms with Crippen molar-refractivity contribution in [1.82, 2.24) is 9.97 Å². The maximum atomic E-state index is 5.41. The molecular weight excluding hydrogens is 246 g/mol. The second-order valence-electron chi connectivity index (χ2n) is 4.74. The van der Waals surface area contributed by atoms with Crippen LogP contribution in [0.1, 0.15) is 19.8 Å². The normalized spacial score (nSPS) is 18.9. The van der Waals surface area contributed by atoms with Crippen LogP contribution in [0.15, 0.2) is 17.8 Å². The highest BCUT2D eigenvalue weighted by Gasteiger charge is 2.21. The van der Waals surface area contributed by atoms with Crippen molar-refractivity contribution in [3.63, 3.8) is 0 Å². The summed E-state index contributed by atoms with van der Waals surface area (Å²) in [5.74, 6) is 1.64. The van der Waals surface area contributed by atoms with Crippen LogP contribution < -0.4 is 5.32 Å². The van der Waals surface area contributed by atoms with Gasteiger partial charge in [-0.3, -0.25) is 0 Å². The van der Waals surface area contributed by atoms with Gasteiger partial charge in [0, 0.05) is 19.3 Å². The molecule has 5 heteroatoms. The van der Waals surface area contributed by atoms with Gasteiger partial charge in [0.05, 0.1) is 10.2 Å². The van der Waals surface area contributed by atoms with E-state index in [2.05, 4.69) is 27.6 Å². The Labute approximate surface area is 110 Å². The average Bonchev–Trinajstić information content (AvgIpc) is 2.89. The Morgan fingerprint density at radius 2 is 2.22 bits per heavy atom. The molecule has 2 aromatic rings. The number of nitrogens with one attached hydrogen (secondary N) is 1. The van der Waals surface area contributed by atoms with Crippen LogP contribution >= 0.6 is 11.3 Å². The van der Waals surface area contributed by atoms with E-state index in [9.17, 15) is 0 Å². The number of hydrogen-bond donors (Lipinski definition) is 1. The quantitative estimate of drug-likeness (QED) is 0.925. The number of nitrogens with zero attached hydrogens (tertiary/aromatic N) is 2. The molecule has 1 aliphatic heterocycles. The molecule has 1 aliphatic rings. The largest absolute Gasteiger partial charge is 0.381 e. The Kier molecular flexibility index (Phi) is 3.43. The Morgan fingerprint density at radius 3 is 3.06 bits per heavy atom. The lowest BCUT2D eigenvalue weighted by molar-refractivity contribution is 0.0622. The molecule has 0 bridgehead atoms. The van der Waals surface area contributed by atoms with Crippen molar-refractivity contribution in [1.29, 1.82) is 0 Å². The monoisotopic (exact) mass is 263 g/mol. The van der Waals surface area contributed by atoms with Crippen LogP contribution in [0.3, 0.4) is 0 Å². The molecule has 3 rings (SSSR count). The third kappa shape index (κ3) is 2.33. The van der Waals surface area contributed by atoms with Crippen molar-refractivity contribution in [2.45, 2.75) is 25.8 Å². The first-order valence-corrected chi connectivity index (χ1v) is 7.25. The first-order valence-electron chi connectivity index (χ1n) is 6.37. The van der Waals surface area contributed by atoms with Gasteiger partial charge in [-0.2, -0.15) is 0 Å². The molecule has 18 heavy (non-hydrogen) atoms. The van der Waals surface area contributed by atoms with Gasteiger partial charge >= 0.3 is 0 Å². The average molecular weight is 263 g/mol. The summed E-state index contributed by atoms with van der Waals surface area (Å²) >= 11 is 1.69. The van der Waals surface area contributed by atoms with E-state index in [1.54, 1.807) is 17.7 Å². The lowest BCUT2D eigenvalue weighted by Gasteiger charge is -2.28. The molecule has 1 unspecified atom stereocenters. The first kappa shape index (κ1) is 11.9. The van der Waals surface area contributed by atoms with Crippen molar-refractivity contribution < 1.29 is 4.74 Å². The smallest absolute Gasteiger partial charge is 0.147 e. The molecule has 1 saturated heterocycles. The lowest BCUT2D eigenvalue weighted by Crippen LogP contribution is -2.31.